The fourth-order valence-electron chi connectivity index (χ4n) is 1.98. The molecule has 1 unspecified atom stereocenters. The second-order valence-electron chi connectivity index (χ2n) is 3.51. The summed E-state index contributed by atoms with van der Waals surface area (Å²) >= 11 is 0. The van der Waals surface area contributed by atoms with Crippen molar-refractivity contribution in [3.63, 3.8) is 0 Å². The summed E-state index contributed by atoms with van der Waals surface area (Å²) in [5.41, 5.74) is 2.96. The number of hydrogen-bond donors (Lipinski definition) is 2. The van der Waals surface area contributed by atoms with Crippen LogP contribution in [0.1, 0.15) is 17.2 Å². The van der Waals surface area contributed by atoms with Crippen LogP contribution in [0.2, 0.25) is 0 Å². The molecule has 0 radical (unpaired) electrons. The van der Waals surface area contributed by atoms with E-state index in [1.165, 1.54) is 11.1 Å². The molecule has 0 bridgehead atoms. The molecule has 0 fully saturated rings. The Balaban J connectivity index is 2.26. The van der Waals surface area contributed by atoms with E-state index in [1.807, 2.05) is 7.05 Å². The topological polar surface area (TPSA) is 24.1 Å². The first-order chi connectivity index (χ1) is 6.42. The molecule has 2 N–H and O–H groups in total. The Labute approximate surface area is 79.4 Å². The lowest BCUT2D eigenvalue weighted by atomic mass is 9.94. The van der Waals surface area contributed by atoms with Gasteiger partial charge in [-0.15, -0.1) is 0 Å². The van der Waals surface area contributed by atoms with Gasteiger partial charge in [-0.3, -0.25) is 0 Å². The van der Waals surface area contributed by atoms with E-state index in [2.05, 4.69) is 34.9 Å². The molecule has 2 rings (SSSR count). The number of rotatable bonds is 2. The van der Waals surface area contributed by atoms with Gasteiger partial charge >= 0.3 is 0 Å². The van der Waals surface area contributed by atoms with Crippen LogP contribution in [0.15, 0.2) is 24.3 Å². The summed E-state index contributed by atoms with van der Waals surface area (Å²) in [6, 6.07) is 9.20. The average molecular weight is 176 g/mol. The fraction of sp³-hybridized carbons (Fsp3) is 0.455. The molecule has 1 aromatic rings. The zero-order valence-electron chi connectivity index (χ0n) is 8.01. The smallest absolute Gasteiger partial charge is 0.0449 e. The van der Waals surface area contributed by atoms with E-state index in [9.17, 15) is 0 Å². The van der Waals surface area contributed by atoms with Crippen molar-refractivity contribution in [2.45, 2.75) is 12.5 Å². The molecule has 1 aromatic carbocycles. The SMILES string of the molecule is CNCC1NCCc2ccccc21. The predicted molar refractivity (Wildman–Crippen MR) is 54.8 cm³/mol. The Hall–Kier alpha value is -0.860. The monoisotopic (exact) mass is 176 g/mol. The minimum Gasteiger partial charge on any atom is -0.318 e. The van der Waals surface area contributed by atoms with Crippen molar-refractivity contribution in [3.05, 3.63) is 35.4 Å². The molecule has 2 nitrogen and oxygen atoms in total. The van der Waals surface area contributed by atoms with Gasteiger partial charge in [0.15, 0.2) is 0 Å². The van der Waals surface area contributed by atoms with Gasteiger partial charge in [-0.05, 0) is 31.1 Å². The largest absolute Gasteiger partial charge is 0.318 e. The third-order valence-electron chi connectivity index (χ3n) is 2.62. The summed E-state index contributed by atoms with van der Waals surface area (Å²) in [6.45, 7) is 2.11. The molecule has 1 aliphatic heterocycles. The van der Waals surface area contributed by atoms with Crippen LogP contribution in [0.25, 0.3) is 0 Å². The first-order valence-corrected chi connectivity index (χ1v) is 4.87. The lowest BCUT2D eigenvalue weighted by Crippen LogP contribution is -2.35. The Bertz CT molecular complexity index is 283. The summed E-state index contributed by atoms with van der Waals surface area (Å²) in [6.07, 6.45) is 1.16. The number of benzene rings is 1. The van der Waals surface area contributed by atoms with Crippen LogP contribution in [-0.4, -0.2) is 20.1 Å². The van der Waals surface area contributed by atoms with Gasteiger partial charge in [0.05, 0.1) is 0 Å². The Morgan fingerprint density at radius 3 is 3.15 bits per heavy atom. The van der Waals surface area contributed by atoms with Crippen LogP contribution in [0, 0.1) is 0 Å². The minimum atomic E-state index is 0.495. The van der Waals surface area contributed by atoms with E-state index in [4.69, 9.17) is 0 Å². The van der Waals surface area contributed by atoms with E-state index in [0.29, 0.717) is 6.04 Å². The molecular formula is C11H16N2. The van der Waals surface area contributed by atoms with E-state index < -0.39 is 0 Å². The van der Waals surface area contributed by atoms with Gasteiger partial charge in [0.2, 0.25) is 0 Å². The van der Waals surface area contributed by atoms with Crippen LogP contribution in [0.5, 0.6) is 0 Å². The van der Waals surface area contributed by atoms with Crippen LogP contribution in [0.3, 0.4) is 0 Å². The molecule has 0 amide bonds. The molecule has 1 heterocycles. The molecular weight excluding hydrogens is 160 g/mol. The molecule has 70 valence electrons. The Morgan fingerprint density at radius 2 is 2.31 bits per heavy atom. The second kappa shape index (κ2) is 3.90. The molecule has 1 aliphatic rings. The third kappa shape index (κ3) is 1.74. The molecule has 1 atom stereocenters. The Morgan fingerprint density at radius 1 is 1.46 bits per heavy atom. The first kappa shape index (κ1) is 8.73. The molecule has 0 aliphatic carbocycles. The maximum atomic E-state index is 3.51. The summed E-state index contributed by atoms with van der Waals surface area (Å²) in [4.78, 5) is 0. The zero-order chi connectivity index (χ0) is 9.10. The molecule has 0 spiro atoms. The van der Waals surface area contributed by atoms with Gasteiger partial charge in [0.25, 0.3) is 0 Å². The second-order valence-corrected chi connectivity index (χ2v) is 3.51. The summed E-state index contributed by atoms with van der Waals surface area (Å²) < 4.78 is 0. The van der Waals surface area contributed by atoms with Crippen LogP contribution in [-0.2, 0) is 6.42 Å². The van der Waals surface area contributed by atoms with E-state index >= 15 is 0 Å². The van der Waals surface area contributed by atoms with Gasteiger partial charge < -0.3 is 10.6 Å². The van der Waals surface area contributed by atoms with Crippen LogP contribution < -0.4 is 10.6 Å². The van der Waals surface area contributed by atoms with Crippen molar-refractivity contribution in [1.29, 1.82) is 0 Å². The number of nitrogens with one attached hydrogen (secondary N) is 2. The lowest BCUT2D eigenvalue weighted by Gasteiger charge is -2.26. The number of fused-ring (bicyclic) bond motifs is 1. The zero-order valence-corrected chi connectivity index (χ0v) is 8.01. The predicted octanol–water partition coefficient (Wildman–Crippen LogP) is 1.09. The normalized spacial score (nSPS) is 21.2. The summed E-state index contributed by atoms with van der Waals surface area (Å²) in [5, 5.41) is 6.73. The summed E-state index contributed by atoms with van der Waals surface area (Å²) in [7, 11) is 2.00. The van der Waals surface area contributed by atoms with Gasteiger partial charge in [-0.1, -0.05) is 24.3 Å². The van der Waals surface area contributed by atoms with Gasteiger partial charge in [-0.2, -0.15) is 0 Å². The highest BCUT2D eigenvalue weighted by Crippen LogP contribution is 2.21. The van der Waals surface area contributed by atoms with E-state index in [1.54, 1.807) is 0 Å². The number of hydrogen-bond acceptors (Lipinski definition) is 2. The minimum absolute atomic E-state index is 0.495. The van der Waals surface area contributed by atoms with Gasteiger partial charge in [0.1, 0.15) is 0 Å². The van der Waals surface area contributed by atoms with Gasteiger partial charge in [0, 0.05) is 12.6 Å². The molecule has 2 heteroatoms. The van der Waals surface area contributed by atoms with Crippen LogP contribution in [0.4, 0.5) is 0 Å². The van der Waals surface area contributed by atoms with E-state index in [0.717, 1.165) is 19.5 Å². The van der Waals surface area contributed by atoms with Crippen molar-refractivity contribution in [2.75, 3.05) is 20.1 Å². The van der Waals surface area contributed by atoms with Crippen molar-refractivity contribution in [1.82, 2.24) is 10.6 Å². The van der Waals surface area contributed by atoms with Crippen molar-refractivity contribution in [3.8, 4) is 0 Å². The fourth-order valence-corrected chi connectivity index (χ4v) is 1.98. The molecule has 0 saturated carbocycles. The Kier molecular flexibility index (Phi) is 2.62. The highest BCUT2D eigenvalue weighted by Gasteiger charge is 2.17. The summed E-state index contributed by atoms with van der Waals surface area (Å²) in [5.74, 6) is 0. The first-order valence-electron chi connectivity index (χ1n) is 4.87. The number of likely N-dealkylation sites (N-methyl/N-ethyl adjacent to an activating group) is 1. The van der Waals surface area contributed by atoms with Crippen molar-refractivity contribution in [2.24, 2.45) is 0 Å². The maximum absolute atomic E-state index is 3.51. The standard InChI is InChI=1S/C11H16N2/c1-12-8-11-10-5-3-2-4-9(10)6-7-13-11/h2-5,11-13H,6-8H2,1H3. The average Bonchev–Trinajstić information content (AvgIpc) is 2.19. The third-order valence-corrected chi connectivity index (χ3v) is 2.62. The van der Waals surface area contributed by atoms with E-state index in [-0.39, 0.29) is 0 Å². The maximum Gasteiger partial charge on any atom is 0.0449 e. The molecule has 0 saturated heterocycles. The highest BCUT2D eigenvalue weighted by atomic mass is 15.0. The quantitative estimate of drug-likeness (QED) is 0.705. The lowest BCUT2D eigenvalue weighted by molar-refractivity contribution is 0.485. The van der Waals surface area contributed by atoms with Gasteiger partial charge in [-0.25, -0.2) is 0 Å². The molecule has 13 heavy (non-hydrogen) atoms. The molecule has 0 aromatic heterocycles. The van der Waals surface area contributed by atoms with Crippen molar-refractivity contribution < 1.29 is 0 Å². The van der Waals surface area contributed by atoms with Crippen molar-refractivity contribution >= 4 is 0 Å². The highest BCUT2D eigenvalue weighted by molar-refractivity contribution is 5.32. The van der Waals surface area contributed by atoms with Crippen LogP contribution >= 0.6 is 0 Å².